The Labute approximate surface area is 224 Å². The van der Waals surface area contributed by atoms with Gasteiger partial charge in [0.2, 0.25) is 0 Å². The number of carbonyl (C=O) groups is 1. The summed E-state index contributed by atoms with van der Waals surface area (Å²) in [6.07, 6.45) is 9.05. The summed E-state index contributed by atoms with van der Waals surface area (Å²) in [5.41, 5.74) is 8.07. The van der Waals surface area contributed by atoms with Gasteiger partial charge in [-0.15, -0.1) is 0 Å². The molecule has 1 amide bonds. The van der Waals surface area contributed by atoms with E-state index in [-0.39, 0.29) is 5.91 Å². The van der Waals surface area contributed by atoms with E-state index in [1.54, 1.807) is 12.3 Å². The second-order valence-electron chi connectivity index (χ2n) is 9.34. The number of aromatic nitrogens is 4. The molecule has 0 fully saturated rings. The van der Waals surface area contributed by atoms with Crippen LogP contribution in [0, 0.1) is 13.8 Å². The van der Waals surface area contributed by atoms with Crippen molar-refractivity contribution >= 4 is 12.1 Å². The molecule has 0 bridgehead atoms. The SMILES string of the molecule is CCCCCCCCOc1ccc(-c2cc(C(=O)N/N=C/c3c(C)nn(-c4ccccc4)c3C)[nH]n2)cc1. The van der Waals surface area contributed by atoms with Crippen LogP contribution in [0.25, 0.3) is 16.9 Å². The Morgan fingerprint density at radius 2 is 1.76 bits per heavy atom. The van der Waals surface area contributed by atoms with Crippen molar-refractivity contribution in [2.24, 2.45) is 5.10 Å². The minimum atomic E-state index is -0.371. The predicted octanol–water partition coefficient (Wildman–Crippen LogP) is 6.38. The molecule has 4 rings (SSSR count). The van der Waals surface area contributed by atoms with Crippen LogP contribution in [-0.2, 0) is 0 Å². The second-order valence-corrected chi connectivity index (χ2v) is 9.34. The molecule has 2 heterocycles. The number of hydrogen-bond acceptors (Lipinski definition) is 5. The van der Waals surface area contributed by atoms with Crippen molar-refractivity contribution in [3.63, 3.8) is 0 Å². The molecule has 8 nitrogen and oxygen atoms in total. The Kier molecular flexibility index (Phi) is 9.45. The first kappa shape index (κ1) is 26.9. The molecule has 0 spiro atoms. The summed E-state index contributed by atoms with van der Waals surface area (Å²) >= 11 is 0. The zero-order chi connectivity index (χ0) is 26.7. The number of hydrogen-bond donors (Lipinski definition) is 2. The van der Waals surface area contributed by atoms with Crippen LogP contribution in [0.2, 0.25) is 0 Å². The molecular formula is C30H36N6O2. The highest BCUT2D eigenvalue weighted by molar-refractivity contribution is 5.94. The Morgan fingerprint density at radius 3 is 2.53 bits per heavy atom. The fourth-order valence-corrected chi connectivity index (χ4v) is 4.26. The molecule has 2 aromatic carbocycles. The lowest BCUT2D eigenvalue weighted by molar-refractivity contribution is 0.0950. The van der Waals surface area contributed by atoms with Crippen molar-refractivity contribution in [2.45, 2.75) is 59.3 Å². The first-order valence-electron chi connectivity index (χ1n) is 13.3. The van der Waals surface area contributed by atoms with E-state index >= 15 is 0 Å². The van der Waals surface area contributed by atoms with E-state index in [9.17, 15) is 4.79 Å². The molecule has 2 aromatic heterocycles. The lowest BCUT2D eigenvalue weighted by atomic mass is 10.1. The van der Waals surface area contributed by atoms with Crippen LogP contribution in [0.1, 0.15) is 72.9 Å². The number of carbonyl (C=O) groups excluding carboxylic acids is 1. The first-order valence-corrected chi connectivity index (χ1v) is 13.3. The number of nitrogens with one attached hydrogen (secondary N) is 2. The van der Waals surface area contributed by atoms with E-state index in [1.807, 2.05) is 73.1 Å². The van der Waals surface area contributed by atoms with E-state index in [0.29, 0.717) is 11.4 Å². The number of ether oxygens (including phenoxy) is 1. The van der Waals surface area contributed by atoms with Crippen LogP contribution in [-0.4, -0.2) is 38.7 Å². The Balaban J connectivity index is 1.29. The summed E-state index contributed by atoms with van der Waals surface area (Å²) in [5.74, 6) is 0.468. The summed E-state index contributed by atoms with van der Waals surface area (Å²) in [7, 11) is 0. The van der Waals surface area contributed by atoms with E-state index in [2.05, 4.69) is 32.7 Å². The summed E-state index contributed by atoms with van der Waals surface area (Å²) in [4.78, 5) is 12.6. The average molecular weight is 513 g/mol. The van der Waals surface area contributed by atoms with Crippen molar-refractivity contribution in [1.29, 1.82) is 0 Å². The predicted molar refractivity (Wildman–Crippen MR) is 151 cm³/mol. The molecule has 38 heavy (non-hydrogen) atoms. The van der Waals surface area contributed by atoms with Gasteiger partial charge < -0.3 is 4.74 Å². The van der Waals surface area contributed by atoms with Gasteiger partial charge >= 0.3 is 0 Å². The highest BCUT2D eigenvalue weighted by Crippen LogP contribution is 2.22. The maximum Gasteiger partial charge on any atom is 0.289 e. The highest BCUT2D eigenvalue weighted by Gasteiger charge is 2.13. The third-order valence-corrected chi connectivity index (χ3v) is 6.45. The zero-order valence-electron chi connectivity index (χ0n) is 22.4. The smallest absolute Gasteiger partial charge is 0.289 e. The third-order valence-electron chi connectivity index (χ3n) is 6.45. The van der Waals surface area contributed by atoms with Gasteiger partial charge in [-0.2, -0.15) is 15.3 Å². The summed E-state index contributed by atoms with van der Waals surface area (Å²) in [6.45, 7) is 6.85. The van der Waals surface area contributed by atoms with Crippen molar-refractivity contribution in [2.75, 3.05) is 6.61 Å². The number of unbranched alkanes of at least 4 members (excludes halogenated alkanes) is 5. The van der Waals surface area contributed by atoms with Crippen LogP contribution < -0.4 is 10.2 Å². The molecule has 0 aliphatic heterocycles. The zero-order valence-corrected chi connectivity index (χ0v) is 22.4. The van der Waals surface area contributed by atoms with E-state index in [4.69, 9.17) is 4.74 Å². The number of H-pyrrole nitrogens is 1. The fourth-order valence-electron chi connectivity index (χ4n) is 4.26. The number of aryl methyl sites for hydroxylation is 1. The number of nitrogens with zero attached hydrogens (tertiary/aromatic N) is 4. The van der Waals surface area contributed by atoms with E-state index in [0.717, 1.165) is 47.0 Å². The molecule has 0 radical (unpaired) electrons. The van der Waals surface area contributed by atoms with Crippen LogP contribution >= 0.6 is 0 Å². The minimum absolute atomic E-state index is 0.328. The van der Waals surface area contributed by atoms with Gasteiger partial charge in [0.25, 0.3) is 5.91 Å². The molecule has 0 unspecified atom stereocenters. The number of hydrazone groups is 1. The normalized spacial score (nSPS) is 11.2. The van der Waals surface area contributed by atoms with E-state index < -0.39 is 0 Å². The quantitative estimate of drug-likeness (QED) is 0.123. The van der Waals surface area contributed by atoms with Gasteiger partial charge in [0.05, 0.1) is 35.6 Å². The van der Waals surface area contributed by atoms with E-state index in [1.165, 1.54) is 32.1 Å². The second kappa shape index (κ2) is 13.4. The van der Waals surface area contributed by atoms with Crippen molar-refractivity contribution in [3.05, 3.63) is 83.3 Å². The van der Waals surface area contributed by atoms with Crippen LogP contribution in [0.4, 0.5) is 0 Å². The molecule has 0 aliphatic carbocycles. The van der Waals surface area contributed by atoms with Gasteiger partial charge in [0.1, 0.15) is 11.4 Å². The van der Waals surface area contributed by atoms with Gasteiger partial charge in [-0.25, -0.2) is 10.1 Å². The summed E-state index contributed by atoms with van der Waals surface area (Å²) in [6, 6.07) is 19.4. The van der Waals surface area contributed by atoms with Gasteiger partial charge in [0.15, 0.2) is 0 Å². The maximum absolute atomic E-state index is 12.6. The first-order chi connectivity index (χ1) is 18.6. The van der Waals surface area contributed by atoms with Gasteiger partial charge in [-0.3, -0.25) is 9.89 Å². The maximum atomic E-state index is 12.6. The molecule has 198 valence electrons. The minimum Gasteiger partial charge on any atom is -0.494 e. The van der Waals surface area contributed by atoms with Gasteiger partial charge in [-0.1, -0.05) is 57.2 Å². The lowest BCUT2D eigenvalue weighted by Crippen LogP contribution is -2.18. The average Bonchev–Trinajstić information content (AvgIpc) is 3.54. The van der Waals surface area contributed by atoms with Crippen molar-refractivity contribution in [3.8, 4) is 22.7 Å². The highest BCUT2D eigenvalue weighted by atomic mass is 16.5. The molecule has 0 atom stereocenters. The van der Waals surface area contributed by atoms with Crippen molar-refractivity contribution in [1.82, 2.24) is 25.4 Å². The van der Waals surface area contributed by atoms with Crippen LogP contribution in [0.3, 0.4) is 0 Å². The third kappa shape index (κ3) is 6.97. The molecule has 8 heteroatoms. The molecule has 0 saturated heterocycles. The van der Waals surface area contributed by atoms with Crippen LogP contribution in [0.15, 0.2) is 65.8 Å². The number of rotatable bonds is 13. The Morgan fingerprint density at radius 1 is 1.03 bits per heavy atom. The number of aromatic amines is 1. The largest absolute Gasteiger partial charge is 0.494 e. The Bertz CT molecular complexity index is 1340. The summed E-state index contributed by atoms with van der Waals surface area (Å²) in [5, 5.41) is 15.8. The molecule has 0 aliphatic rings. The monoisotopic (exact) mass is 512 g/mol. The van der Waals surface area contributed by atoms with Gasteiger partial charge in [0, 0.05) is 11.1 Å². The molecule has 2 N–H and O–H groups in total. The van der Waals surface area contributed by atoms with Gasteiger partial charge in [-0.05, 0) is 62.7 Å². The Hall–Kier alpha value is -4.20. The fraction of sp³-hybridized carbons (Fsp3) is 0.333. The number of para-hydroxylation sites is 1. The lowest BCUT2D eigenvalue weighted by Gasteiger charge is -2.06. The van der Waals surface area contributed by atoms with Crippen molar-refractivity contribution < 1.29 is 9.53 Å². The topological polar surface area (TPSA) is 97.2 Å². The summed E-state index contributed by atoms with van der Waals surface area (Å²) < 4.78 is 7.72. The van der Waals surface area contributed by atoms with Crippen LogP contribution in [0.5, 0.6) is 5.75 Å². The number of amides is 1. The molecule has 0 saturated carbocycles. The standard InChI is InChI=1S/C30H36N6O2/c1-4-5-6-7-8-12-19-38-26-17-15-24(16-18-26)28-20-29(33-32-28)30(37)34-31-21-27-22(2)35-36(23(27)3)25-13-10-9-11-14-25/h9-11,13-18,20-21H,4-8,12,19H2,1-3H3,(H,32,33)(H,34,37)/b31-21+. The molecule has 4 aromatic rings. The molecular weight excluding hydrogens is 476 g/mol. The number of benzene rings is 2.